The first-order valence-corrected chi connectivity index (χ1v) is 12.6. The summed E-state index contributed by atoms with van der Waals surface area (Å²) in [6, 6.07) is 18.6. The summed E-state index contributed by atoms with van der Waals surface area (Å²) >= 11 is 7.94. The van der Waals surface area contributed by atoms with Crippen LogP contribution in [0.15, 0.2) is 73.5 Å². The molecule has 0 atom stereocenters. The molecule has 4 aromatic rings. The Morgan fingerprint density at radius 1 is 0.971 bits per heavy atom. The third kappa shape index (κ3) is 5.69. The molecule has 1 aliphatic rings. The molecule has 0 saturated carbocycles. The summed E-state index contributed by atoms with van der Waals surface area (Å²) in [5.41, 5.74) is 10.1. The number of hydrogen-bond acceptors (Lipinski definition) is 4. The van der Waals surface area contributed by atoms with Crippen molar-refractivity contribution in [3.05, 3.63) is 106 Å². The number of hydrogen-bond donors (Lipinski definition) is 2. The third-order valence-corrected chi connectivity index (χ3v) is 7.05. The first kappa shape index (κ1) is 24.1. The number of para-hydroxylation sites is 1. The number of benzene rings is 3. The highest BCUT2D eigenvalue weighted by Gasteiger charge is 2.10. The lowest BCUT2D eigenvalue weighted by atomic mass is 10.1. The van der Waals surface area contributed by atoms with Gasteiger partial charge in [0.1, 0.15) is 0 Å². The number of nitrogens with zero attached hydrogens (tertiary/aromatic N) is 1. The summed E-state index contributed by atoms with van der Waals surface area (Å²) in [4.78, 5) is 4.47. The number of halogens is 1. The van der Waals surface area contributed by atoms with Gasteiger partial charge >= 0.3 is 0 Å². The molecule has 1 aliphatic carbocycles. The van der Waals surface area contributed by atoms with Crippen molar-refractivity contribution < 1.29 is 0 Å². The van der Waals surface area contributed by atoms with Crippen molar-refractivity contribution in [2.24, 2.45) is 0 Å². The second-order valence-electron chi connectivity index (χ2n) is 8.69. The molecular weight excluding hydrogens is 458 g/mol. The predicted molar refractivity (Wildman–Crippen MR) is 150 cm³/mol. The summed E-state index contributed by atoms with van der Waals surface area (Å²) < 4.78 is 1.17. The number of aromatic nitrogens is 1. The van der Waals surface area contributed by atoms with Crippen molar-refractivity contribution in [1.29, 1.82) is 0 Å². The van der Waals surface area contributed by atoms with Gasteiger partial charge in [-0.3, -0.25) is 0 Å². The fourth-order valence-corrected chi connectivity index (χ4v) is 5.27. The maximum atomic E-state index is 6.25. The number of thiazole rings is 1. The minimum Gasteiger partial charge on any atom is -0.360 e. The highest BCUT2D eigenvalue weighted by Crippen LogP contribution is 2.30. The van der Waals surface area contributed by atoms with Crippen LogP contribution in [0.5, 0.6) is 0 Å². The molecule has 0 radical (unpaired) electrons. The van der Waals surface area contributed by atoms with Gasteiger partial charge < -0.3 is 10.6 Å². The molecule has 34 heavy (non-hydrogen) atoms. The first-order chi connectivity index (χ1) is 16.3. The Morgan fingerprint density at radius 2 is 1.76 bits per heavy atom. The van der Waals surface area contributed by atoms with Crippen LogP contribution in [0, 0.1) is 13.8 Å². The van der Waals surface area contributed by atoms with Gasteiger partial charge in [-0.15, -0.1) is 11.3 Å². The molecule has 0 amide bonds. The highest BCUT2D eigenvalue weighted by molar-refractivity contribution is 7.18. The van der Waals surface area contributed by atoms with Crippen LogP contribution in [0.1, 0.15) is 40.6 Å². The quantitative estimate of drug-likeness (QED) is 0.295. The number of aryl methyl sites for hydroxylation is 4. The molecule has 1 aromatic heterocycles. The average molecular weight is 488 g/mol. The minimum absolute atomic E-state index is 0.700. The Hall–Kier alpha value is -3.08. The van der Waals surface area contributed by atoms with E-state index in [0.29, 0.717) is 5.02 Å². The van der Waals surface area contributed by atoms with Gasteiger partial charge in [0.25, 0.3) is 0 Å². The smallest absolute Gasteiger partial charge is 0.0907 e. The molecule has 0 spiro atoms. The standard InChI is InChI=1S/C17H15ClN2S.C12H15N/c1-10-5-4-6-14(18)17(10)19-11(2)13-7-8-15-16(9-13)21-12(3)20-15;1-9(2)13-12-7-6-10-4-3-5-11(10)8-12/h4-9,19H,2H2,1,3H3;6-8,13H,1,3-5H2,2H3. The van der Waals surface area contributed by atoms with Crippen molar-refractivity contribution in [2.45, 2.75) is 40.0 Å². The van der Waals surface area contributed by atoms with Gasteiger partial charge in [0.15, 0.2) is 0 Å². The van der Waals surface area contributed by atoms with Crippen molar-refractivity contribution in [3.63, 3.8) is 0 Å². The number of nitrogens with one attached hydrogen (secondary N) is 2. The second-order valence-corrected chi connectivity index (χ2v) is 10.3. The van der Waals surface area contributed by atoms with Crippen LogP contribution in [0.25, 0.3) is 15.9 Å². The molecule has 174 valence electrons. The lowest BCUT2D eigenvalue weighted by molar-refractivity contribution is 0.912. The van der Waals surface area contributed by atoms with E-state index in [4.69, 9.17) is 11.6 Å². The highest BCUT2D eigenvalue weighted by atomic mass is 35.5. The summed E-state index contributed by atoms with van der Waals surface area (Å²) in [7, 11) is 0. The van der Waals surface area contributed by atoms with Crippen LogP contribution in [0.4, 0.5) is 11.4 Å². The number of fused-ring (bicyclic) bond motifs is 2. The van der Waals surface area contributed by atoms with E-state index in [1.807, 2.05) is 51.1 Å². The zero-order chi connectivity index (χ0) is 24.2. The summed E-state index contributed by atoms with van der Waals surface area (Å²) in [5.74, 6) is 0. The van der Waals surface area contributed by atoms with E-state index < -0.39 is 0 Å². The molecule has 3 nitrogen and oxygen atoms in total. The molecule has 0 bridgehead atoms. The predicted octanol–water partition coefficient (Wildman–Crippen LogP) is 8.77. The van der Waals surface area contributed by atoms with E-state index in [1.165, 1.54) is 40.8 Å². The van der Waals surface area contributed by atoms with E-state index in [2.05, 4.69) is 53.0 Å². The van der Waals surface area contributed by atoms with Crippen LogP contribution < -0.4 is 10.6 Å². The van der Waals surface area contributed by atoms with Gasteiger partial charge in [0, 0.05) is 17.1 Å². The molecule has 2 N–H and O–H groups in total. The van der Waals surface area contributed by atoms with E-state index in [-0.39, 0.29) is 0 Å². The van der Waals surface area contributed by atoms with Crippen molar-refractivity contribution in [1.82, 2.24) is 4.98 Å². The third-order valence-electron chi connectivity index (χ3n) is 5.80. The molecule has 0 aliphatic heterocycles. The fraction of sp³-hybridized carbons (Fsp3) is 0.207. The number of rotatable bonds is 5. The molecule has 1 heterocycles. The second kappa shape index (κ2) is 10.5. The maximum absolute atomic E-state index is 6.25. The molecule has 3 aromatic carbocycles. The normalized spacial score (nSPS) is 12.0. The molecule has 5 heteroatoms. The average Bonchev–Trinajstić information content (AvgIpc) is 3.40. The van der Waals surface area contributed by atoms with Crippen LogP contribution in [-0.2, 0) is 12.8 Å². The Kier molecular flexibility index (Phi) is 7.40. The van der Waals surface area contributed by atoms with Crippen LogP contribution in [-0.4, -0.2) is 4.98 Å². The zero-order valence-electron chi connectivity index (χ0n) is 20.0. The van der Waals surface area contributed by atoms with E-state index >= 15 is 0 Å². The Balaban J connectivity index is 0.000000180. The maximum Gasteiger partial charge on any atom is 0.0907 e. The zero-order valence-corrected chi connectivity index (χ0v) is 21.5. The van der Waals surface area contributed by atoms with Crippen LogP contribution >= 0.6 is 22.9 Å². The summed E-state index contributed by atoms with van der Waals surface area (Å²) in [5, 5.41) is 8.34. The van der Waals surface area contributed by atoms with Gasteiger partial charge in [0.2, 0.25) is 0 Å². The lowest BCUT2D eigenvalue weighted by Gasteiger charge is -2.13. The minimum atomic E-state index is 0.700. The Morgan fingerprint density at radius 3 is 2.53 bits per heavy atom. The molecular formula is C29H30ClN3S. The summed E-state index contributed by atoms with van der Waals surface area (Å²) in [6.07, 6.45) is 3.80. The van der Waals surface area contributed by atoms with Crippen molar-refractivity contribution in [2.75, 3.05) is 10.6 Å². The van der Waals surface area contributed by atoms with Crippen molar-refractivity contribution in [3.8, 4) is 0 Å². The lowest BCUT2D eigenvalue weighted by Crippen LogP contribution is -1.99. The van der Waals surface area contributed by atoms with E-state index in [1.54, 1.807) is 11.3 Å². The summed E-state index contributed by atoms with van der Waals surface area (Å²) in [6.45, 7) is 14.0. The Labute approximate surface area is 211 Å². The first-order valence-electron chi connectivity index (χ1n) is 11.4. The van der Waals surface area contributed by atoms with E-state index in [9.17, 15) is 0 Å². The van der Waals surface area contributed by atoms with Gasteiger partial charge in [-0.25, -0.2) is 4.98 Å². The number of anilines is 2. The Bertz CT molecular complexity index is 1350. The van der Waals surface area contributed by atoms with Gasteiger partial charge in [0.05, 0.1) is 25.9 Å². The number of allylic oxidation sites excluding steroid dienone is 1. The molecule has 0 fully saturated rings. The molecule has 0 unspecified atom stereocenters. The monoisotopic (exact) mass is 487 g/mol. The van der Waals surface area contributed by atoms with E-state index in [0.717, 1.165) is 38.7 Å². The van der Waals surface area contributed by atoms with Crippen LogP contribution in [0.2, 0.25) is 5.02 Å². The van der Waals surface area contributed by atoms with Gasteiger partial charge in [-0.1, -0.05) is 49.0 Å². The fourth-order valence-electron chi connectivity index (χ4n) is 4.14. The largest absolute Gasteiger partial charge is 0.360 e. The van der Waals surface area contributed by atoms with Crippen LogP contribution in [0.3, 0.4) is 0 Å². The van der Waals surface area contributed by atoms with Crippen molar-refractivity contribution >= 4 is 50.2 Å². The van der Waals surface area contributed by atoms with Gasteiger partial charge in [-0.2, -0.15) is 0 Å². The topological polar surface area (TPSA) is 37.0 Å². The SMILES string of the molecule is C=C(C)Nc1ccc2c(c1)CCC2.C=C(Nc1c(C)cccc1Cl)c1ccc2nc(C)sc2c1. The van der Waals surface area contributed by atoms with Gasteiger partial charge in [-0.05, 0) is 92.6 Å². The molecule has 5 rings (SSSR count). The molecule has 0 saturated heterocycles.